The van der Waals surface area contributed by atoms with Gasteiger partial charge in [-0.05, 0) is 50.1 Å². The van der Waals surface area contributed by atoms with Gasteiger partial charge in [0.2, 0.25) is 0 Å². The van der Waals surface area contributed by atoms with Crippen molar-refractivity contribution in [3.05, 3.63) is 0 Å². The van der Waals surface area contributed by atoms with Crippen LogP contribution in [0.3, 0.4) is 0 Å². The molecule has 0 bridgehead atoms. The third-order valence-electron chi connectivity index (χ3n) is 5.81. The molecule has 19 heavy (non-hydrogen) atoms. The van der Waals surface area contributed by atoms with Crippen molar-refractivity contribution in [2.45, 2.75) is 65.3 Å². The Morgan fingerprint density at radius 2 is 1.68 bits per heavy atom. The van der Waals surface area contributed by atoms with Crippen molar-refractivity contribution < 1.29 is 9.90 Å². The largest absolute Gasteiger partial charge is 0.481 e. The SMILES string of the molecule is CC1C(N2CCCCCC2)CCC(C(=O)O)C1(C)C. The van der Waals surface area contributed by atoms with Crippen LogP contribution in [0.2, 0.25) is 0 Å². The quantitative estimate of drug-likeness (QED) is 0.833. The number of carboxylic acids is 1. The van der Waals surface area contributed by atoms with Crippen molar-refractivity contribution in [3.63, 3.8) is 0 Å². The van der Waals surface area contributed by atoms with E-state index in [9.17, 15) is 9.90 Å². The summed E-state index contributed by atoms with van der Waals surface area (Å²) in [7, 11) is 0. The average Bonchev–Trinajstić information content (AvgIpc) is 2.60. The predicted molar refractivity (Wildman–Crippen MR) is 77.1 cm³/mol. The molecule has 3 atom stereocenters. The van der Waals surface area contributed by atoms with E-state index in [-0.39, 0.29) is 11.3 Å². The first-order valence-corrected chi connectivity index (χ1v) is 7.91. The molecule has 1 N–H and O–H groups in total. The number of hydrogen-bond donors (Lipinski definition) is 1. The predicted octanol–water partition coefficient (Wildman–Crippen LogP) is 3.39. The Balaban J connectivity index is 2.10. The topological polar surface area (TPSA) is 40.5 Å². The molecule has 3 unspecified atom stereocenters. The minimum atomic E-state index is -0.605. The van der Waals surface area contributed by atoms with Gasteiger partial charge < -0.3 is 10.0 Å². The highest BCUT2D eigenvalue weighted by atomic mass is 16.4. The van der Waals surface area contributed by atoms with Gasteiger partial charge in [-0.25, -0.2) is 0 Å². The molecule has 2 fully saturated rings. The van der Waals surface area contributed by atoms with Gasteiger partial charge in [0.25, 0.3) is 0 Å². The van der Waals surface area contributed by atoms with E-state index in [0.717, 1.165) is 12.8 Å². The molecule has 0 radical (unpaired) electrons. The van der Waals surface area contributed by atoms with Gasteiger partial charge in [-0.3, -0.25) is 4.79 Å². The summed E-state index contributed by atoms with van der Waals surface area (Å²) >= 11 is 0. The van der Waals surface area contributed by atoms with Crippen LogP contribution in [0.25, 0.3) is 0 Å². The summed E-state index contributed by atoms with van der Waals surface area (Å²) in [6, 6.07) is 0.587. The molecule has 1 aliphatic carbocycles. The molecule has 3 nitrogen and oxygen atoms in total. The van der Waals surface area contributed by atoms with Crippen molar-refractivity contribution in [1.29, 1.82) is 0 Å². The summed E-state index contributed by atoms with van der Waals surface area (Å²) in [4.78, 5) is 14.1. The number of aliphatic carboxylic acids is 1. The van der Waals surface area contributed by atoms with E-state index in [2.05, 4.69) is 25.7 Å². The fourth-order valence-corrected chi connectivity index (χ4v) is 4.14. The third-order valence-corrected chi connectivity index (χ3v) is 5.81. The molecule has 3 heteroatoms. The minimum absolute atomic E-state index is 0.0962. The maximum absolute atomic E-state index is 11.4. The molecular formula is C16H29NO2. The standard InChI is InChI=1S/C16H29NO2/c1-12-14(17-10-6-4-5-7-11-17)9-8-13(15(18)19)16(12,2)3/h12-14H,4-11H2,1-3H3,(H,18,19). The number of rotatable bonds is 2. The molecule has 0 aromatic carbocycles. The molecule has 0 spiro atoms. The van der Waals surface area contributed by atoms with Gasteiger partial charge in [-0.2, -0.15) is 0 Å². The summed E-state index contributed by atoms with van der Waals surface area (Å²) in [5.41, 5.74) is -0.0962. The fourth-order valence-electron chi connectivity index (χ4n) is 4.14. The Bertz CT molecular complexity index is 319. The van der Waals surface area contributed by atoms with Gasteiger partial charge in [-0.15, -0.1) is 0 Å². The van der Waals surface area contributed by atoms with Crippen molar-refractivity contribution in [3.8, 4) is 0 Å². The van der Waals surface area contributed by atoms with Crippen molar-refractivity contribution in [1.82, 2.24) is 4.90 Å². The van der Waals surface area contributed by atoms with Crippen LogP contribution in [-0.4, -0.2) is 35.1 Å². The lowest BCUT2D eigenvalue weighted by molar-refractivity contribution is -0.151. The number of carboxylic acid groups (broad SMARTS) is 1. The summed E-state index contributed by atoms with van der Waals surface area (Å²) < 4.78 is 0. The molecule has 0 aromatic rings. The molecule has 1 heterocycles. The Hall–Kier alpha value is -0.570. The molecule has 0 amide bonds. The van der Waals surface area contributed by atoms with Crippen LogP contribution in [-0.2, 0) is 4.79 Å². The number of likely N-dealkylation sites (tertiary alicyclic amines) is 1. The number of nitrogens with zero attached hydrogens (tertiary/aromatic N) is 1. The van der Waals surface area contributed by atoms with Crippen LogP contribution in [0.1, 0.15) is 59.3 Å². The van der Waals surface area contributed by atoms with E-state index in [4.69, 9.17) is 0 Å². The van der Waals surface area contributed by atoms with Crippen molar-refractivity contribution in [2.24, 2.45) is 17.3 Å². The van der Waals surface area contributed by atoms with Gasteiger partial charge in [0.1, 0.15) is 0 Å². The molecular weight excluding hydrogens is 238 g/mol. The normalized spacial score (nSPS) is 36.7. The molecule has 0 aromatic heterocycles. The summed E-state index contributed by atoms with van der Waals surface area (Å²) in [6.45, 7) is 9.00. The van der Waals surface area contributed by atoms with Crippen LogP contribution >= 0.6 is 0 Å². The second kappa shape index (κ2) is 5.82. The Kier molecular flexibility index (Phi) is 4.54. The second-order valence-corrected chi connectivity index (χ2v) is 7.10. The minimum Gasteiger partial charge on any atom is -0.481 e. The summed E-state index contributed by atoms with van der Waals surface area (Å²) in [5.74, 6) is -0.322. The highest BCUT2D eigenvalue weighted by Crippen LogP contribution is 2.46. The molecule has 2 rings (SSSR count). The maximum atomic E-state index is 11.4. The molecule has 110 valence electrons. The first kappa shape index (κ1) is 14.8. The Morgan fingerprint density at radius 3 is 2.21 bits per heavy atom. The van der Waals surface area contributed by atoms with Crippen LogP contribution in [0.4, 0.5) is 0 Å². The van der Waals surface area contributed by atoms with Gasteiger partial charge in [0, 0.05) is 6.04 Å². The lowest BCUT2D eigenvalue weighted by atomic mass is 9.60. The zero-order valence-electron chi connectivity index (χ0n) is 12.7. The zero-order valence-corrected chi connectivity index (χ0v) is 12.7. The van der Waals surface area contributed by atoms with Crippen LogP contribution < -0.4 is 0 Å². The van der Waals surface area contributed by atoms with Gasteiger partial charge in [-0.1, -0.05) is 33.6 Å². The molecule has 1 saturated heterocycles. The van der Waals surface area contributed by atoms with Gasteiger partial charge >= 0.3 is 5.97 Å². The van der Waals surface area contributed by atoms with E-state index < -0.39 is 5.97 Å². The highest BCUT2D eigenvalue weighted by molar-refractivity contribution is 5.71. The van der Waals surface area contributed by atoms with Gasteiger partial charge in [0.05, 0.1) is 5.92 Å². The molecule has 1 aliphatic heterocycles. The highest BCUT2D eigenvalue weighted by Gasteiger charge is 2.47. The smallest absolute Gasteiger partial charge is 0.307 e. The lowest BCUT2D eigenvalue weighted by Crippen LogP contribution is -2.52. The monoisotopic (exact) mass is 267 g/mol. The van der Waals surface area contributed by atoms with Gasteiger partial charge in [0.15, 0.2) is 0 Å². The van der Waals surface area contributed by atoms with E-state index in [1.807, 2.05) is 0 Å². The summed E-state index contributed by atoms with van der Waals surface area (Å²) in [5, 5.41) is 9.42. The first-order chi connectivity index (χ1) is 8.94. The Labute approximate surface area is 117 Å². The maximum Gasteiger partial charge on any atom is 0.307 e. The van der Waals surface area contributed by atoms with Crippen molar-refractivity contribution >= 4 is 5.97 Å². The first-order valence-electron chi connectivity index (χ1n) is 7.91. The van der Waals surface area contributed by atoms with Crippen LogP contribution in [0, 0.1) is 17.3 Å². The molecule has 1 saturated carbocycles. The third kappa shape index (κ3) is 2.96. The Morgan fingerprint density at radius 1 is 1.11 bits per heavy atom. The van der Waals surface area contributed by atoms with E-state index in [0.29, 0.717) is 12.0 Å². The number of hydrogen-bond acceptors (Lipinski definition) is 2. The van der Waals surface area contributed by atoms with E-state index in [1.165, 1.54) is 38.8 Å². The number of carbonyl (C=O) groups is 1. The van der Waals surface area contributed by atoms with E-state index >= 15 is 0 Å². The molecule has 2 aliphatic rings. The summed E-state index contributed by atoms with van der Waals surface area (Å²) in [6.07, 6.45) is 7.24. The fraction of sp³-hybridized carbons (Fsp3) is 0.938. The van der Waals surface area contributed by atoms with E-state index in [1.54, 1.807) is 0 Å². The van der Waals surface area contributed by atoms with Crippen LogP contribution in [0.5, 0.6) is 0 Å². The lowest BCUT2D eigenvalue weighted by Gasteiger charge is -2.49. The second-order valence-electron chi connectivity index (χ2n) is 7.10. The van der Waals surface area contributed by atoms with Crippen molar-refractivity contribution in [2.75, 3.05) is 13.1 Å². The zero-order chi connectivity index (χ0) is 14.0. The van der Waals surface area contributed by atoms with Crippen LogP contribution in [0.15, 0.2) is 0 Å². The average molecular weight is 267 g/mol.